The Morgan fingerprint density at radius 3 is 1.76 bits per heavy atom. The van der Waals surface area contributed by atoms with E-state index in [9.17, 15) is 0 Å². The fourth-order valence-electron chi connectivity index (χ4n) is 2.09. The number of hydrogen-bond acceptors (Lipinski definition) is 1. The molecule has 0 N–H and O–H groups in total. The van der Waals surface area contributed by atoms with Crippen LogP contribution in [0.3, 0.4) is 0 Å². The third kappa shape index (κ3) is 16.0. The summed E-state index contributed by atoms with van der Waals surface area (Å²) in [4.78, 5) is 2.26. The van der Waals surface area contributed by atoms with Crippen molar-refractivity contribution < 1.29 is 0 Å². The van der Waals surface area contributed by atoms with Gasteiger partial charge in [-0.3, -0.25) is 0 Å². The minimum Gasteiger partial charge on any atom is -0.309 e. The molecular weight excluding hydrogens is 206 g/mol. The third-order valence-corrected chi connectivity index (χ3v) is 3.29. The fraction of sp³-hybridized carbons (Fsp3) is 0.938. The molecule has 0 saturated carbocycles. The first-order chi connectivity index (χ1) is 8.27. The van der Waals surface area contributed by atoms with Crippen LogP contribution in [0.15, 0.2) is 0 Å². The van der Waals surface area contributed by atoms with Crippen molar-refractivity contribution in [3.05, 3.63) is 6.42 Å². The summed E-state index contributed by atoms with van der Waals surface area (Å²) in [6.45, 7) is 3.49. The molecule has 103 valence electrons. The molecule has 0 aliphatic carbocycles. The van der Waals surface area contributed by atoms with E-state index in [1.807, 2.05) is 0 Å². The molecule has 0 aliphatic rings. The van der Waals surface area contributed by atoms with Gasteiger partial charge in [0.25, 0.3) is 0 Å². The van der Waals surface area contributed by atoms with E-state index in [-0.39, 0.29) is 0 Å². The molecule has 0 amide bonds. The lowest BCUT2D eigenvalue weighted by molar-refractivity contribution is 0.408. The van der Waals surface area contributed by atoms with Crippen molar-refractivity contribution in [3.63, 3.8) is 0 Å². The Morgan fingerprint density at radius 1 is 0.706 bits per heavy atom. The molecule has 0 unspecified atom stereocenters. The van der Waals surface area contributed by atoms with E-state index >= 15 is 0 Å². The Morgan fingerprint density at radius 2 is 1.24 bits per heavy atom. The van der Waals surface area contributed by atoms with Crippen molar-refractivity contribution in [3.8, 4) is 0 Å². The maximum atomic E-state index is 2.46. The third-order valence-electron chi connectivity index (χ3n) is 3.29. The molecule has 0 saturated heterocycles. The molecule has 0 rings (SSSR count). The Balaban J connectivity index is 2.89. The summed E-state index contributed by atoms with van der Waals surface area (Å²) in [6.07, 6.45) is 18.0. The van der Waals surface area contributed by atoms with E-state index in [1.54, 1.807) is 0 Å². The molecule has 0 aromatic rings. The van der Waals surface area contributed by atoms with E-state index in [1.165, 1.54) is 77.2 Å². The first kappa shape index (κ1) is 17.0. The number of rotatable bonds is 13. The van der Waals surface area contributed by atoms with Gasteiger partial charge in [-0.05, 0) is 33.5 Å². The average molecular weight is 240 g/mol. The maximum absolute atomic E-state index is 2.46. The van der Waals surface area contributed by atoms with Gasteiger partial charge in [0.15, 0.2) is 0 Å². The van der Waals surface area contributed by atoms with Gasteiger partial charge in [0.1, 0.15) is 0 Å². The van der Waals surface area contributed by atoms with Gasteiger partial charge in [-0.1, -0.05) is 71.1 Å². The SMILES string of the molecule is CCCCCCCCCCC[CH]CCN(C)C. The van der Waals surface area contributed by atoms with E-state index in [4.69, 9.17) is 0 Å². The summed E-state index contributed by atoms with van der Waals surface area (Å²) in [5.74, 6) is 0. The topological polar surface area (TPSA) is 3.24 Å². The van der Waals surface area contributed by atoms with Crippen LogP contribution < -0.4 is 0 Å². The zero-order chi connectivity index (χ0) is 12.8. The smallest absolute Gasteiger partial charge is 0.00221 e. The van der Waals surface area contributed by atoms with Gasteiger partial charge in [-0.2, -0.15) is 0 Å². The van der Waals surface area contributed by atoms with Crippen LogP contribution in [0.2, 0.25) is 0 Å². The molecule has 1 radical (unpaired) electrons. The van der Waals surface area contributed by atoms with Gasteiger partial charge in [0.05, 0.1) is 0 Å². The van der Waals surface area contributed by atoms with Crippen LogP contribution in [0.5, 0.6) is 0 Å². The zero-order valence-corrected chi connectivity index (χ0v) is 12.5. The highest BCUT2D eigenvalue weighted by molar-refractivity contribution is 4.65. The van der Waals surface area contributed by atoms with E-state index in [2.05, 4.69) is 32.3 Å². The molecule has 0 aliphatic heterocycles. The minimum atomic E-state index is 1.21. The lowest BCUT2D eigenvalue weighted by Gasteiger charge is -2.08. The van der Waals surface area contributed by atoms with Crippen LogP contribution >= 0.6 is 0 Å². The van der Waals surface area contributed by atoms with Crippen LogP contribution in [0.4, 0.5) is 0 Å². The zero-order valence-electron chi connectivity index (χ0n) is 12.5. The second kappa shape index (κ2) is 14.0. The van der Waals surface area contributed by atoms with Gasteiger partial charge in [-0.25, -0.2) is 0 Å². The lowest BCUT2D eigenvalue weighted by Crippen LogP contribution is -2.12. The van der Waals surface area contributed by atoms with Crippen molar-refractivity contribution in [1.29, 1.82) is 0 Å². The normalized spacial score (nSPS) is 11.3. The lowest BCUT2D eigenvalue weighted by atomic mass is 10.1. The first-order valence-corrected chi connectivity index (χ1v) is 7.73. The molecule has 0 spiro atoms. The summed E-state index contributed by atoms with van der Waals surface area (Å²) in [7, 11) is 4.29. The Bertz CT molecular complexity index is 131. The largest absolute Gasteiger partial charge is 0.309 e. The summed E-state index contributed by atoms with van der Waals surface area (Å²) in [6, 6.07) is 0. The summed E-state index contributed by atoms with van der Waals surface area (Å²) >= 11 is 0. The van der Waals surface area contributed by atoms with Crippen LogP contribution in [-0.2, 0) is 0 Å². The summed E-state index contributed by atoms with van der Waals surface area (Å²) in [5, 5.41) is 0. The van der Waals surface area contributed by atoms with Crippen molar-refractivity contribution in [1.82, 2.24) is 4.90 Å². The van der Waals surface area contributed by atoms with Gasteiger partial charge in [-0.15, -0.1) is 0 Å². The van der Waals surface area contributed by atoms with Crippen molar-refractivity contribution in [2.24, 2.45) is 0 Å². The maximum Gasteiger partial charge on any atom is -0.00221 e. The molecule has 0 bridgehead atoms. The number of nitrogens with zero attached hydrogens (tertiary/aromatic N) is 1. The van der Waals surface area contributed by atoms with Crippen LogP contribution in [0.1, 0.15) is 77.6 Å². The summed E-state index contributed by atoms with van der Waals surface area (Å²) < 4.78 is 0. The molecule has 0 atom stereocenters. The van der Waals surface area contributed by atoms with Crippen molar-refractivity contribution in [2.45, 2.75) is 77.6 Å². The average Bonchev–Trinajstić information content (AvgIpc) is 2.30. The first-order valence-electron chi connectivity index (χ1n) is 7.73. The minimum absolute atomic E-state index is 1.21. The fourth-order valence-corrected chi connectivity index (χ4v) is 2.09. The summed E-state index contributed by atoms with van der Waals surface area (Å²) in [5.41, 5.74) is 0. The Labute approximate surface area is 110 Å². The highest BCUT2D eigenvalue weighted by Crippen LogP contribution is 2.11. The van der Waals surface area contributed by atoms with Gasteiger partial charge in [0.2, 0.25) is 0 Å². The standard InChI is InChI=1S/C16H34N/c1-4-5-6-7-8-9-10-11-12-13-14-15-16-17(2)3/h14H,4-13,15-16H2,1-3H3. The van der Waals surface area contributed by atoms with Crippen LogP contribution in [0, 0.1) is 6.42 Å². The quantitative estimate of drug-likeness (QED) is 0.407. The van der Waals surface area contributed by atoms with Gasteiger partial charge < -0.3 is 4.90 Å². The Hall–Kier alpha value is -0.0400. The van der Waals surface area contributed by atoms with Crippen LogP contribution in [-0.4, -0.2) is 25.5 Å². The Kier molecular flexibility index (Phi) is 14.0. The van der Waals surface area contributed by atoms with Crippen molar-refractivity contribution in [2.75, 3.05) is 20.6 Å². The molecule has 1 nitrogen and oxygen atoms in total. The van der Waals surface area contributed by atoms with E-state index in [0.717, 1.165) is 0 Å². The molecular formula is C16H34N. The monoisotopic (exact) mass is 240 g/mol. The number of unbranched alkanes of at least 4 members (excludes halogenated alkanes) is 11. The predicted octanol–water partition coefficient (Wildman–Crippen LogP) is 5.06. The molecule has 0 fully saturated rings. The molecule has 0 aromatic heterocycles. The highest BCUT2D eigenvalue weighted by atomic mass is 15.0. The van der Waals surface area contributed by atoms with Crippen molar-refractivity contribution >= 4 is 0 Å². The van der Waals surface area contributed by atoms with Gasteiger partial charge >= 0.3 is 0 Å². The molecule has 0 aromatic carbocycles. The molecule has 1 heteroatoms. The second-order valence-corrected chi connectivity index (χ2v) is 5.50. The molecule has 0 heterocycles. The van der Waals surface area contributed by atoms with E-state index < -0.39 is 0 Å². The predicted molar refractivity (Wildman–Crippen MR) is 79.3 cm³/mol. The highest BCUT2D eigenvalue weighted by Gasteiger charge is 1.94. The molecule has 17 heavy (non-hydrogen) atoms. The van der Waals surface area contributed by atoms with Gasteiger partial charge in [0, 0.05) is 0 Å². The second-order valence-electron chi connectivity index (χ2n) is 5.50. The van der Waals surface area contributed by atoms with Crippen LogP contribution in [0.25, 0.3) is 0 Å². The van der Waals surface area contributed by atoms with E-state index in [0.29, 0.717) is 0 Å². The number of hydrogen-bond donors (Lipinski definition) is 0.